The zero-order valence-electron chi connectivity index (χ0n) is 21.0. The van der Waals surface area contributed by atoms with Gasteiger partial charge in [0.25, 0.3) is 0 Å². The molecule has 2 fully saturated rings. The van der Waals surface area contributed by atoms with Gasteiger partial charge in [0.1, 0.15) is 0 Å². The van der Waals surface area contributed by atoms with Crippen LogP contribution in [0.25, 0.3) is 0 Å². The Morgan fingerprint density at radius 3 is 2.47 bits per heavy atom. The van der Waals surface area contributed by atoms with Crippen LogP contribution in [0.2, 0.25) is 0 Å². The van der Waals surface area contributed by atoms with Crippen LogP contribution in [-0.2, 0) is 24.0 Å². The Labute approximate surface area is 198 Å². The van der Waals surface area contributed by atoms with Gasteiger partial charge in [-0.15, -0.1) is 0 Å². The summed E-state index contributed by atoms with van der Waals surface area (Å²) in [5.41, 5.74) is 4.95. The maximum atomic E-state index is 6.12. The fourth-order valence-corrected chi connectivity index (χ4v) is 7.08. The van der Waals surface area contributed by atoms with Crippen molar-refractivity contribution in [1.29, 1.82) is 0 Å². The van der Waals surface area contributed by atoms with Crippen LogP contribution in [0.1, 0.15) is 108 Å². The average molecular weight is 437 g/mol. The Bertz CT molecular complexity index is 719. The molecule has 178 valence electrons. The van der Waals surface area contributed by atoms with Gasteiger partial charge in [0.15, 0.2) is 0 Å². The van der Waals surface area contributed by atoms with Crippen LogP contribution >= 0.6 is 0 Å². The van der Waals surface area contributed by atoms with Crippen molar-refractivity contribution in [1.82, 2.24) is 0 Å². The predicted molar refractivity (Wildman–Crippen MR) is 137 cm³/mol. The summed E-state index contributed by atoms with van der Waals surface area (Å²) in [5, 5.41) is 0. The van der Waals surface area contributed by atoms with Gasteiger partial charge in [-0.25, -0.2) is 0 Å². The zero-order chi connectivity index (χ0) is 22.2. The first-order valence-corrected chi connectivity index (χ1v) is 14.1. The van der Waals surface area contributed by atoms with E-state index in [2.05, 4.69) is 44.2 Å². The second-order valence-electron chi connectivity index (χ2n) is 11.2. The van der Waals surface area contributed by atoms with Gasteiger partial charge in [-0.05, 0) is 118 Å². The molecular formula is C31H48O. The minimum atomic E-state index is 0.520. The summed E-state index contributed by atoms with van der Waals surface area (Å²) in [4.78, 5) is 0. The average Bonchev–Trinajstić information content (AvgIpc) is 2.83. The molecule has 0 saturated heterocycles. The van der Waals surface area contributed by atoms with Gasteiger partial charge >= 0.3 is 0 Å². The van der Waals surface area contributed by atoms with Gasteiger partial charge in [0.2, 0.25) is 0 Å². The van der Waals surface area contributed by atoms with E-state index >= 15 is 0 Å². The van der Waals surface area contributed by atoms with Crippen LogP contribution in [0.5, 0.6) is 0 Å². The lowest BCUT2D eigenvalue weighted by molar-refractivity contribution is -0.0138. The molecule has 4 rings (SSSR count). The Morgan fingerprint density at radius 2 is 1.62 bits per heavy atom. The molecule has 0 amide bonds. The second-order valence-corrected chi connectivity index (χ2v) is 11.2. The van der Waals surface area contributed by atoms with Crippen molar-refractivity contribution in [2.24, 2.45) is 23.7 Å². The second kappa shape index (κ2) is 12.4. The number of aryl methyl sites for hydroxylation is 2. The molecule has 0 aromatic heterocycles. The number of hydrogen-bond acceptors (Lipinski definition) is 1. The van der Waals surface area contributed by atoms with Crippen LogP contribution in [0.15, 0.2) is 30.4 Å². The number of hydrogen-bond donors (Lipinski definition) is 0. The van der Waals surface area contributed by atoms with Crippen molar-refractivity contribution >= 4 is 0 Å². The largest absolute Gasteiger partial charge is 0.374 e. The van der Waals surface area contributed by atoms with Crippen molar-refractivity contribution in [2.75, 3.05) is 6.61 Å². The van der Waals surface area contributed by atoms with Crippen molar-refractivity contribution < 1.29 is 4.74 Å². The highest BCUT2D eigenvalue weighted by Gasteiger charge is 2.38. The Hall–Kier alpha value is -1.08. The summed E-state index contributed by atoms with van der Waals surface area (Å²) in [5.74, 6) is 3.83. The number of ether oxygens (including phenoxy) is 1. The quantitative estimate of drug-likeness (QED) is 0.264. The summed E-state index contributed by atoms with van der Waals surface area (Å²) in [6.45, 7) is 5.19. The summed E-state index contributed by atoms with van der Waals surface area (Å²) in [6, 6.07) is 7.52. The number of unbranched alkanes of at least 4 members (excludes halogenated alkanes) is 4. The van der Waals surface area contributed by atoms with Gasteiger partial charge < -0.3 is 4.74 Å². The molecule has 32 heavy (non-hydrogen) atoms. The molecule has 3 unspecified atom stereocenters. The smallest absolute Gasteiger partial charge is 0.0651 e. The van der Waals surface area contributed by atoms with Crippen LogP contribution in [0.3, 0.4) is 0 Å². The highest BCUT2D eigenvalue weighted by Crippen LogP contribution is 2.47. The van der Waals surface area contributed by atoms with Gasteiger partial charge in [0.05, 0.1) is 12.7 Å². The van der Waals surface area contributed by atoms with E-state index in [1.165, 1.54) is 96.3 Å². The topological polar surface area (TPSA) is 9.23 Å². The van der Waals surface area contributed by atoms with E-state index in [1.807, 2.05) is 0 Å². The number of rotatable bonds is 10. The summed E-state index contributed by atoms with van der Waals surface area (Å²) in [7, 11) is 0. The fraction of sp³-hybridized carbons (Fsp3) is 0.742. The van der Waals surface area contributed by atoms with Gasteiger partial charge in [0, 0.05) is 0 Å². The van der Waals surface area contributed by atoms with Crippen molar-refractivity contribution in [3.05, 3.63) is 47.0 Å². The van der Waals surface area contributed by atoms with Crippen molar-refractivity contribution in [3.63, 3.8) is 0 Å². The van der Waals surface area contributed by atoms with Crippen LogP contribution < -0.4 is 0 Å². The Kier molecular flexibility index (Phi) is 9.32. The third-order valence-electron chi connectivity index (χ3n) is 9.04. The first kappa shape index (κ1) is 24.1. The third kappa shape index (κ3) is 6.49. The first-order chi connectivity index (χ1) is 15.8. The Balaban J connectivity index is 1.24. The lowest BCUT2D eigenvalue weighted by Crippen LogP contribution is -2.37. The van der Waals surface area contributed by atoms with Gasteiger partial charge in [-0.3, -0.25) is 0 Å². The summed E-state index contributed by atoms with van der Waals surface area (Å²) in [6.07, 6.45) is 25.6. The molecule has 3 aliphatic carbocycles. The molecule has 1 aromatic rings. The van der Waals surface area contributed by atoms with Crippen LogP contribution in [0, 0.1) is 23.7 Å². The molecule has 0 aliphatic heterocycles. The SMILES string of the molecule is CC=CCO[C@@H]1CC[C@@H]2CC(C3CCc4cc(CCCCCCC)ccc4C3)CCC2C1. The fourth-order valence-electron chi connectivity index (χ4n) is 7.08. The minimum absolute atomic E-state index is 0.520. The van der Waals surface area contributed by atoms with E-state index in [0.717, 1.165) is 30.3 Å². The number of allylic oxidation sites excluding steroid dienone is 1. The third-order valence-corrected chi connectivity index (χ3v) is 9.04. The van der Waals surface area contributed by atoms with Gasteiger partial charge in [-0.2, -0.15) is 0 Å². The minimum Gasteiger partial charge on any atom is -0.374 e. The summed E-state index contributed by atoms with van der Waals surface area (Å²) < 4.78 is 6.12. The monoisotopic (exact) mass is 436 g/mol. The molecule has 0 spiro atoms. The van der Waals surface area contributed by atoms with E-state index < -0.39 is 0 Å². The highest BCUT2D eigenvalue weighted by molar-refractivity contribution is 5.34. The van der Waals surface area contributed by atoms with E-state index in [0.29, 0.717) is 6.10 Å². The van der Waals surface area contributed by atoms with E-state index in [-0.39, 0.29) is 0 Å². The zero-order valence-corrected chi connectivity index (χ0v) is 21.0. The molecule has 1 aromatic carbocycles. The van der Waals surface area contributed by atoms with Crippen molar-refractivity contribution in [3.8, 4) is 0 Å². The van der Waals surface area contributed by atoms with Crippen molar-refractivity contribution in [2.45, 2.75) is 116 Å². The molecule has 2 saturated carbocycles. The summed E-state index contributed by atoms with van der Waals surface area (Å²) >= 11 is 0. The maximum Gasteiger partial charge on any atom is 0.0651 e. The molecule has 0 bridgehead atoms. The molecular weight excluding hydrogens is 388 g/mol. The molecule has 1 nitrogen and oxygen atoms in total. The number of benzene rings is 1. The lowest BCUT2D eigenvalue weighted by atomic mass is 9.62. The van der Waals surface area contributed by atoms with E-state index in [4.69, 9.17) is 4.74 Å². The van der Waals surface area contributed by atoms with Crippen LogP contribution in [0.4, 0.5) is 0 Å². The number of fused-ring (bicyclic) bond motifs is 2. The van der Waals surface area contributed by atoms with Crippen LogP contribution in [-0.4, -0.2) is 12.7 Å². The lowest BCUT2D eigenvalue weighted by Gasteiger charge is -2.45. The molecule has 3 aliphatic rings. The molecule has 5 atom stereocenters. The highest BCUT2D eigenvalue weighted by atomic mass is 16.5. The Morgan fingerprint density at radius 1 is 0.844 bits per heavy atom. The van der Waals surface area contributed by atoms with Gasteiger partial charge in [-0.1, -0.05) is 63.0 Å². The first-order valence-electron chi connectivity index (χ1n) is 14.1. The maximum absolute atomic E-state index is 6.12. The standard InChI is InChI=1S/C31H48O/c1-3-5-7-8-9-10-24-11-12-26-21-27(14-13-25(26)20-24)28-15-16-30-23-31(32-19-6-4-2)18-17-29(30)22-28/h4,6,11-12,20,27-31H,3,5,7-10,13-19,21-23H2,1-2H3/t27?,28?,29-,30?,31-/m1/s1. The molecule has 0 heterocycles. The molecule has 0 N–H and O–H groups in total. The van der Waals surface area contributed by atoms with E-state index in [1.54, 1.807) is 16.7 Å². The normalized spacial score (nSPS) is 30.2. The molecule has 0 radical (unpaired) electrons. The predicted octanol–water partition coefficient (Wildman–Crippen LogP) is 8.48. The molecule has 1 heteroatoms. The van der Waals surface area contributed by atoms with E-state index in [9.17, 15) is 0 Å².